The van der Waals surface area contributed by atoms with Crippen LogP contribution in [0.2, 0.25) is 0 Å². The van der Waals surface area contributed by atoms with Gasteiger partial charge in [-0.05, 0) is 13.0 Å². The number of rotatable bonds is 7. The summed E-state index contributed by atoms with van der Waals surface area (Å²) >= 11 is 1.58. The quantitative estimate of drug-likeness (QED) is 0.588. The molecule has 0 aliphatic carbocycles. The van der Waals surface area contributed by atoms with E-state index in [9.17, 15) is 4.79 Å². The fraction of sp³-hybridized carbons (Fsp3) is 0.556. The van der Waals surface area contributed by atoms with Gasteiger partial charge in [0.05, 0.1) is 6.04 Å². The van der Waals surface area contributed by atoms with Gasteiger partial charge >= 0.3 is 0 Å². The van der Waals surface area contributed by atoms with Crippen LogP contribution in [0.5, 0.6) is 0 Å². The van der Waals surface area contributed by atoms with Crippen LogP contribution < -0.4 is 11.1 Å². The molecule has 1 aromatic rings. The molecule has 1 heterocycles. The van der Waals surface area contributed by atoms with E-state index in [1.807, 2.05) is 6.92 Å². The van der Waals surface area contributed by atoms with Gasteiger partial charge in [-0.15, -0.1) is 0 Å². The molecule has 1 unspecified atom stereocenters. The van der Waals surface area contributed by atoms with Gasteiger partial charge in [0.1, 0.15) is 0 Å². The Balaban J connectivity index is 2.25. The summed E-state index contributed by atoms with van der Waals surface area (Å²) in [6.45, 7) is 2.70. The number of primary amides is 1. The Morgan fingerprint density at radius 1 is 1.80 bits per heavy atom. The lowest BCUT2D eigenvalue weighted by Gasteiger charge is -2.12. The first-order chi connectivity index (χ1) is 7.24. The lowest BCUT2D eigenvalue weighted by molar-refractivity contribution is -0.120. The number of hydrogen-bond acceptors (Lipinski definition) is 4. The Hall–Kier alpha value is -1.01. The molecule has 0 spiro atoms. The molecule has 1 amide bonds. The van der Waals surface area contributed by atoms with Crippen LogP contribution in [-0.4, -0.2) is 34.2 Å². The largest absolute Gasteiger partial charge is 0.368 e. The van der Waals surface area contributed by atoms with Gasteiger partial charge in [-0.2, -0.15) is 0 Å². The minimum Gasteiger partial charge on any atom is -0.368 e. The van der Waals surface area contributed by atoms with E-state index in [4.69, 9.17) is 5.73 Å². The third-order valence-corrected chi connectivity index (χ3v) is 2.85. The molecule has 0 bridgehead atoms. The number of nitrogens with one attached hydrogen (secondary N) is 2. The molecule has 4 N–H and O–H groups in total. The molecule has 0 saturated carbocycles. The number of nitrogens with zero attached hydrogens (tertiary/aromatic N) is 1. The SMILES string of the molecule is CCNC(CCSc1ncc[nH]1)C(N)=O. The van der Waals surface area contributed by atoms with Gasteiger partial charge < -0.3 is 16.0 Å². The van der Waals surface area contributed by atoms with Crippen LogP contribution in [0.3, 0.4) is 0 Å². The number of H-pyrrole nitrogens is 1. The molecule has 5 nitrogen and oxygen atoms in total. The van der Waals surface area contributed by atoms with Gasteiger partial charge in [0, 0.05) is 18.1 Å². The molecule has 6 heteroatoms. The maximum Gasteiger partial charge on any atom is 0.234 e. The van der Waals surface area contributed by atoms with Crippen molar-refractivity contribution in [1.29, 1.82) is 0 Å². The van der Waals surface area contributed by atoms with Gasteiger partial charge in [0.15, 0.2) is 5.16 Å². The summed E-state index contributed by atoms with van der Waals surface area (Å²) in [5.41, 5.74) is 5.25. The smallest absolute Gasteiger partial charge is 0.234 e. The molecule has 0 saturated heterocycles. The highest BCUT2D eigenvalue weighted by Crippen LogP contribution is 2.13. The van der Waals surface area contributed by atoms with Gasteiger partial charge in [-0.25, -0.2) is 4.98 Å². The molecule has 0 fully saturated rings. The van der Waals surface area contributed by atoms with E-state index in [0.29, 0.717) is 6.42 Å². The maximum absolute atomic E-state index is 11.0. The average Bonchev–Trinajstić information content (AvgIpc) is 2.69. The van der Waals surface area contributed by atoms with E-state index in [-0.39, 0.29) is 11.9 Å². The Morgan fingerprint density at radius 2 is 2.60 bits per heavy atom. The van der Waals surface area contributed by atoms with Crippen LogP contribution in [0.4, 0.5) is 0 Å². The second kappa shape index (κ2) is 6.47. The highest BCUT2D eigenvalue weighted by atomic mass is 32.2. The number of imidazole rings is 1. The highest BCUT2D eigenvalue weighted by molar-refractivity contribution is 7.99. The summed E-state index contributed by atoms with van der Waals surface area (Å²) < 4.78 is 0. The minimum atomic E-state index is -0.295. The van der Waals surface area contributed by atoms with Crippen molar-refractivity contribution in [3.63, 3.8) is 0 Å². The van der Waals surface area contributed by atoms with Crippen LogP contribution in [-0.2, 0) is 4.79 Å². The first-order valence-electron chi connectivity index (χ1n) is 4.89. The van der Waals surface area contributed by atoms with Crippen LogP contribution in [0, 0.1) is 0 Å². The number of carbonyl (C=O) groups is 1. The van der Waals surface area contributed by atoms with Crippen LogP contribution in [0.15, 0.2) is 17.6 Å². The normalized spacial score (nSPS) is 12.6. The third kappa shape index (κ3) is 4.35. The third-order valence-electron chi connectivity index (χ3n) is 1.91. The predicted octanol–water partition coefficient (Wildman–Crippen LogP) is 0.355. The number of likely N-dealkylation sites (N-methyl/N-ethyl adjacent to an activating group) is 1. The monoisotopic (exact) mass is 228 g/mol. The van der Waals surface area contributed by atoms with E-state index >= 15 is 0 Å². The summed E-state index contributed by atoms with van der Waals surface area (Å²) in [5, 5.41) is 3.91. The van der Waals surface area contributed by atoms with Crippen molar-refractivity contribution >= 4 is 17.7 Å². The summed E-state index contributed by atoms with van der Waals surface area (Å²) in [6.07, 6.45) is 4.20. The minimum absolute atomic E-state index is 0.238. The standard InChI is InChI=1S/C9H16N4OS/c1-2-11-7(8(10)14)3-6-15-9-12-4-5-13-9/h4-5,7,11H,2-3,6H2,1H3,(H2,10,14)(H,12,13). The number of hydrogen-bond donors (Lipinski definition) is 3. The zero-order chi connectivity index (χ0) is 11.1. The molecular weight excluding hydrogens is 212 g/mol. The second-order valence-electron chi connectivity index (χ2n) is 3.04. The number of amides is 1. The first kappa shape index (κ1) is 12.1. The van der Waals surface area contributed by atoms with Crippen molar-refractivity contribution < 1.29 is 4.79 Å². The van der Waals surface area contributed by atoms with E-state index in [1.165, 1.54) is 0 Å². The molecule has 0 aromatic carbocycles. The Bertz CT molecular complexity index is 288. The summed E-state index contributed by atoms with van der Waals surface area (Å²) in [6, 6.07) is -0.238. The molecule has 84 valence electrons. The Labute approximate surface area is 93.2 Å². The zero-order valence-corrected chi connectivity index (χ0v) is 9.51. The maximum atomic E-state index is 11.0. The van der Waals surface area contributed by atoms with Gasteiger partial charge in [-0.3, -0.25) is 4.79 Å². The van der Waals surface area contributed by atoms with E-state index in [0.717, 1.165) is 17.5 Å². The van der Waals surface area contributed by atoms with Gasteiger partial charge in [-0.1, -0.05) is 18.7 Å². The molecule has 0 aliphatic heterocycles. The van der Waals surface area contributed by atoms with Crippen molar-refractivity contribution in [1.82, 2.24) is 15.3 Å². The van der Waals surface area contributed by atoms with Crippen molar-refractivity contribution in [3.05, 3.63) is 12.4 Å². The Morgan fingerprint density at radius 3 is 3.13 bits per heavy atom. The van der Waals surface area contributed by atoms with Crippen LogP contribution in [0.1, 0.15) is 13.3 Å². The number of thioether (sulfide) groups is 1. The van der Waals surface area contributed by atoms with Crippen LogP contribution in [0.25, 0.3) is 0 Å². The number of carbonyl (C=O) groups excluding carboxylic acids is 1. The zero-order valence-electron chi connectivity index (χ0n) is 8.69. The summed E-state index contributed by atoms with van der Waals surface area (Å²) in [4.78, 5) is 18.1. The van der Waals surface area contributed by atoms with Crippen molar-refractivity contribution in [3.8, 4) is 0 Å². The molecule has 1 aromatic heterocycles. The van der Waals surface area contributed by atoms with E-state index in [2.05, 4.69) is 15.3 Å². The summed E-state index contributed by atoms with van der Waals surface area (Å²) in [5.74, 6) is 0.519. The fourth-order valence-corrected chi connectivity index (χ4v) is 2.03. The van der Waals surface area contributed by atoms with E-state index in [1.54, 1.807) is 24.2 Å². The van der Waals surface area contributed by atoms with Crippen LogP contribution >= 0.6 is 11.8 Å². The molecular formula is C9H16N4OS. The highest BCUT2D eigenvalue weighted by Gasteiger charge is 2.13. The summed E-state index contributed by atoms with van der Waals surface area (Å²) in [7, 11) is 0. The van der Waals surface area contributed by atoms with Gasteiger partial charge in [0.25, 0.3) is 0 Å². The van der Waals surface area contributed by atoms with Crippen molar-refractivity contribution in [2.45, 2.75) is 24.5 Å². The fourth-order valence-electron chi connectivity index (χ4n) is 1.19. The topological polar surface area (TPSA) is 83.8 Å². The molecule has 0 radical (unpaired) electrons. The van der Waals surface area contributed by atoms with Gasteiger partial charge in [0.2, 0.25) is 5.91 Å². The van der Waals surface area contributed by atoms with E-state index < -0.39 is 0 Å². The lowest BCUT2D eigenvalue weighted by atomic mass is 10.2. The lowest BCUT2D eigenvalue weighted by Crippen LogP contribution is -2.41. The average molecular weight is 228 g/mol. The Kier molecular flexibility index (Phi) is 5.20. The van der Waals surface area contributed by atoms with Crippen molar-refractivity contribution in [2.24, 2.45) is 5.73 Å². The molecule has 1 rings (SSSR count). The molecule has 0 aliphatic rings. The van der Waals surface area contributed by atoms with Crippen molar-refractivity contribution in [2.75, 3.05) is 12.3 Å². The predicted molar refractivity (Wildman–Crippen MR) is 60.6 cm³/mol. The number of aromatic amines is 1. The molecule has 1 atom stereocenters. The molecule has 15 heavy (non-hydrogen) atoms. The first-order valence-corrected chi connectivity index (χ1v) is 5.87. The number of nitrogens with two attached hydrogens (primary N) is 1. The second-order valence-corrected chi connectivity index (χ2v) is 4.13. The number of aromatic nitrogens is 2.